The molecule has 0 saturated carbocycles. The predicted octanol–water partition coefficient (Wildman–Crippen LogP) is 1.91. The monoisotopic (exact) mass is 301 g/mol. The fourth-order valence-electron chi connectivity index (χ4n) is 1.99. The van der Waals surface area contributed by atoms with E-state index in [4.69, 9.17) is 15.2 Å². The van der Waals surface area contributed by atoms with Crippen molar-refractivity contribution in [1.82, 2.24) is 0 Å². The van der Waals surface area contributed by atoms with Crippen LogP contribution in [0.3, 0.4) is 0 Å². The Morgan fingerprint density at radius 2 is 2.18 bits per heavy atom. The summed E-state index contributed by atoms with van der Waals surface area (Å²) in [6, 6.07) is 1.44. The lowest BCUT2D eigenvalue weighted by atomic mass is 10.0. The van der Waals surface area contributed by atoms with Crippen LogP contribution in [0.15, 0.2) is 10.5 Å². The second-order valence-electron chi connectivity index (χ2n) is 4.06. The van der Waals surface area contributed by atoms with Gasteiger partial charge in [-0.1, -0.05) is 15.9 Å². The van der Waals surface area contributed by atoms with Gasteiger partial charge in [0.15, 0.2) is 11.5 Å². The van der Waals surface area contributed by atoms with Crippen LogP contribution in [0.2, 0.25) is 0 Å². The summed E-state index contributed by atoms with van der Waals surface area (Å²) < 4.78 is 12.2. The first-order valence-electron chi connectivity index (χ1n) is 5.60. The normalized spacial score (nSPS) is 16.5. The highest BCUT2D eigenvalue weighted by Gasteiger charge is 2.21. The van der Waals surface area contributed by atoms with E-state index in [9.17, 15) is 5.11 Å². The van der Waals surface area contributed by atoms with Gasteiger partial charge in [0.25, 0.3) is 0 Å². The lowest BCUT2D eigenvalue weighted by Crippen LogP contribution is -2.17. The maximum atomic E-state index is 9.18. The predicted molar refractivity (Wildman–Crippen MR) is 68.5 cm³/mol. The number of ether oxygens (including phenoxy) is 2. The smallest absolute Gasteiger partial charge is 0.164 e. The molecule has 3 N–H and O–H groups in total. The van der Waals surface area contributed by atoms with E-state index in [1.807, 2.05) is 13.0 Å². The molecule has 17 heavy (non-hydrogen) atoms. The number of halogens is 1. The van der Waals surface area contributed by atoms with Crippen LogP contribution >= 0.6 is 15.9 Å². The molecule has 2 rings (SSSR count). The topological polar surface area (TPSA) is 64.7 Å². The van der Waals surface area contributed by atoms with E-state index in [1.165, 1.54) is 0 Å². The number of nitrogens with two attached hydrogens (primary N) is 1. The first kappa shape index (κ1) is 12.7. The van der Waals surface area contributed by atoms with Crippen molar-refractivity contribution in [3.63, 3.8) is 0 Å². The van der Waals surface area contributed by atoms with Gasteiger partial charge in [0, 0.05) is 16.5 Å². The average molecular weight is 302 g/mol. The van der Waals surface area contributed by atoms with E-state index in [-0.39, 0.29) is 6.61 Å². The lowest BCUT2D eigenvalue weighted by Gasteiger charge is -2.19. The Morgan fingerprint density at radius 1 is 1.47 bits per heavy atom. The van der Waals surface area contributed by atoms with Gasteiger partial charge in [0.05, 0.1) is 25.9 Å². The van der Waals surface area contributed by atoms with E-state index in [0.717, 1.165) is 33.5 Å². The van der Waals surface area contributed by atoms with E-state index in [2.05, 4.69) is 15.9 Å². The Kier molecular flexibility index (Phi) is 3.91. The fourth-order valence-corrected chi connectivity index (χ4v) is 2.79. The van der Waals surface area contributed by atoms with Crippen LogP contribution in [-0.4, -0.2) is 24.9 Å². The Bertz CT molecular complexity index is 423. The van der Waals surface area contributed by atoms with Crippen LogP contribution in [0.25, 0.3) is 0 Å². The molecule has 0 aliphatic carbocycles. The summed E-state index contributed by atoms with van der Waals surface area (Å²) in [5, 5.41) is 9.18. The van der Waals surface area contributed by atoms with Gasteiger partial charge in [-0.2, -0.15) is 0 Å². The number of aliphatic hydroxyl groups excluding tert-OH is 1. The average Bonchev–Trinajstić information content (AvgIpc) is 2.54. The van der Waals surface area contributed by atoms with Gasteiger partial charge < -0.3 is 20.3 Å². The zero-order valence-electron chi connectivity index (χ0n) is 9.70. The molecule has 94 valence electrons. The largest absolute Gasteiger partial charge is 0.490 e. The number of hydrogen-bond donors (Lipinski definition) is 2. The zero-order chi connectivity index (χ0) is 12.4. The van der Waals surface area contributed by atoms with Crippen LogP contribution in [0.1, 0.15) is 23.6 Å². The molecule has 0 bridgehead atoms. The second-order valence-corrected chi connectivity index (χ2v) is 4.92. The zero-order valence-corrected chi connectivity index (χ0v) is 11.3. The minimum Gasteiger partial charge on any atom is -0.490 e. The van der Waals surface area contributed by atoms with Crippen molar-refractivity contribution in [1.29, 1.82) is 0 Å². The summed E-state index contributed by atoms with van der Waals surface area (Å²) in [6.45, 7) is 3.13. The van der Waals surface area contributed by atoms with Gasteiger partial charge in [-0.3, -0.25) is 0 Å². The second kappa shape index (κ2) is 5.25. The maximum Gasteiger partial charge on any atom is 0.164 e. The Balaban J connectivity index is 2.52. The summed E-state index contributed by atoms with van der Waals surface area (Å²) in [7, 11) is 0. The lowest BCUT2D eigenvalue weighted by molar-refractivity contribution is 0.266. The van der Waals surface area contributed by atoms with Crippen LogP contribution in [-0.2, 0) is 0 Å². The highest BCUT2D eigenvalue weighted by Crippen LogP contribution is 2.41. The van der Waals surface area contributed by atoms with Gasteiger partial charge in [0.1, 0.15) is 0 Å². The summed E-state index contributed by atoms with van der Waals surface area (Å²) in [4.78, 5) is 0. The van der Waals surface area contributed by atoms with Crippen molar-refractivity contribution >= 4 is 15.9 Å². The molecule has 1 aromatic carbocycles. The minimum absolute atomic E-state index is 0.0981. The highest BCUT2D eigenvalue weighted by molar-refractivity contribution is 9.10. The first-order valence-corrected chi connectivity index (χ1v) is 6.39. The number of rotatable bonds is 2. The van der Waals surface area contributed by atoms with Crippen molar-refractivity contribution < 1.29 is 14.6 Å². The molecule has 0 fully saturated rings. The first-order chi connectivity index (χ1) is 8.15. The van der Waals surface area contributed by atoms with Crippen molar-refractivity contribution in [2.24, 2.45) is 5.73 Å². The minimum atomic E-state index is -0.415. The number of hydrogen-bond acceptors (Lipinski definition) is 4. The van der Waals surface area contributed by atoms with Gasteiger partial charge in [0.2, 0.25) is 0 Å². The molecule has 1 unspecified atom stereocenters. The summed E-state index contributed by atoms with van der Waals surface area (Å²) in [5.41, 5.74) is 7.69. The highest BCUT2D eigenvalue weighted by atomic mass is 79.9. The Hall–Kier alpha value is -0.780. The Morgan fingerprint density at radius 3 is 2.88 bits per heavy atom. The van der Waals surface area contributed by atoms with E-state index in [0.29, 0.717) is 13.2 Å². The third-order valence-corrected chi connectivity index (χ3v) is 3.50. The molecule has 0 aromatic heterocycles. The molecule has 4 nitrogen and oxygen atoms in total. The maximum absolute atomic E-state index is 9.18. The van der Waals surface area contributed by atoms with Crippen LogP contribution in [0.4, 0.5) is 0 Å². The molecule has 5 heteroatoms. The molecule has 1 heterocycles. The van der Waals surface area contributed by atoms with Crippen molar-refractivity contribution in [2.75, 3.05) is 19.8 Å². The molecule has 0 amide bonds. The van der Waals surface area contributed by atoms with Crippen LogP contribution < -0.4 is 15.2 Å². The van der Waals surface area contributed by atoms with E-state index in [1.54, 1.807) is 0 Å². The van der Waals surface area contributed by atoms with Crippen LogP contribution in [0, 0.1) is 6.92 Å². The molecule has 0 saturated heterocycles. The number of aliphatic hydroxyl groups is 1. The number of fused-ring (bicyclic) bond motifs is 1. The SMILES string of the molecule is Cc1c2c(cc(Br)c1C(N)CO)OCCCO2. The standard InChI is InChI=1S/C12H16BrNO3/c1-7-11(9(14)6-15)8(13)5-10-12(7)17-4-2-3-16-10/h5,9,15H,2-4,6,14H2,1H3. The molecular formula is C12H16BrNO3. The third kappa shape index (κ3) is 2.41. The van der Waals surface area contributed by atoms with Crippen molar-refractivity contribution in [2.45, 2.75) is 19.4 Å². The summed E-state index contributed by atoms with van der Waals surface area (Å²) in [5.74, 6) is 1.48. The molecule has 1 aromatic rings. The van der Waals surface area contributed by atoms with Crippen molar-refractivity contribution in [3.05, 3.63) is 21.7 Å². The summed E-state index contributed by atoms with van der Waals surface area (Å²) in [6.07, 6.45) is 0.868. The molecule has 1 atom stereocenters. The fraction of sp³-hybridized carbons (Fsp3) is 0.500. The van der Waals surface area contributed by atoms with E-state index < -0.39 is 6.04 Å². The summed E-state index contributed by atoms with van der Waals surface area (Å²) >= 11 is 3.47. The quantitative estimate of drug-likeness (QED) is 0.876. The Labute approximate surface area is 109 Å². The number of benzene rings is 1. The molecule has 0 spiro atoms. The molecule has 0 radical (unpaired) electrons. The third-order valence-electron chi connectivity index (χ3n) is 2.84. The van der Waals surface area contributed by atoms with E-state index >= 15 is 0 Å². The molecule has 1 aliphatic heterocycles. The van der Waals surface area contributed by atoms with Gasteiger partial charge in [-0.05, 0) is 18.6 Å². The van der Waals surface area contributed by atoms with Gasteiger partial charge in [-0.15, -0.1) is 0 Å². The van der Waals surface area contributed by atoms with Crippen LogP contribution in [0.5, 0.6) is 11.5 Å². The molecular weight excluding hydrogens is 286 g/mol. The van der Waals surface area contributed by atoms with Gasteiger partial charge >= 0.3 is 0 Å². The molecule has 1 aliphatic rings. The van der Waals surface area contributed by atoms with Gasteiger partial charge in [-0.25, -0.2) is 0 Å². The van der Waals surface area contributed by atoms with Crippen molar-refractivity contribution in [3.8, 4) is 11.5 Å².